The maximum Gasteiger partial charge on any atom is 0.223 e. The van der Waals surface area contributed by atoms with Crippen LogP contribution in [0.25, 0.3) is 11.0 Å². The summed E-state index contributed by atoms with van der Waals surface area (Å²) < 4.78 is 0. The Morgan fingerprint density at radius 2 is 1.86 bits per heavy atom. The Bertz CT molecular complexity index is 811. The van der Waals surface area contributed by atoms with Gasteiger partial charge in [-0.15, -0.1) is 0 Å². The second kappa shape index (κ2) is 7.84. The standard InChI is InChI=1S/C22H33N5O/c1-13-11-18-19(12-14(13)2)24-22(23-18)20-7-5-6-10-27(20)21(28)9-8-17-15(3)25-26-16(17)4/h11-12,15-17,20,25-26H,5-10H2,1-4H3,(H,23,24). The van der Waals surface area contributed by atoms with Gasteiger partial charge in [-0.3, -0.25) is 15.6 Å². The number of nitrogens with zero attached hydrogens (tertiary/aromatic N) is 2. The van der Waals surface area contributed by atoms with Gasteiger partial charge < -0.3 is 9.88 Å². The molecule has 0 saturated carbocycles. The van der Waals surface area contributed by atoms with Crippen LogP contribution in [0.3, 0.4) is 0 Å². The summed E-state index contributed by atoms with van der Waals surface area (Å²) in [5.41, 5.74) is 11.2. The van der Waals surface area contributed by atoms with Gasteiger partial charge in [-0.05, 0) is 82.6 Å². The third kappa shape index (κ3) is 3.67. The number of rotatable bonds is 4. The monoisotopic (exact) mass is 383 g/mol. The summed E-state index contributed by atoms with van der Waals surface area (Å²) in [5.74, 6) is 1.70. The minimum Gasteiger partial charge on any atom is -0.340 e. The van der Waals surface area contributed by atoms with Gasteiger partial charge in [0.05, 0.1) is 17.1 Å². The Hall–Kier alpha value is -1.92. The van der Waals surface area contributed by atoms with Crippen molar-refractivity contribution in [3.63, 3.8) is 0 Å². The van der Waals surface area contributed by atoms with E-state index < -0.39 is 0 Å². The number of hydrogen-bond acceptors (Lipinski definition) is 4. The van der Waals surface area contributed by atoms with Crippen molar-refractivity contribution in [1.82, 2.24) is 25.7 Å². The fourth-order valence-corrected chi connectivity index (χ4v) is 4.81. The first kappa shape index (κ1) is 19.4. The predicted octanol–water partition coefficient (Wildman–Crippen LogP) is 3.51. The molecule has 0 aliphatic carbocycles. The number of aromatic nitrogens is 2. The Kier molecular flexibility index (Phi) is 5.43. The number of carbonyl (C=O) groups excluding carboxylic acids is 1. The Labute approximate surface area is 167 Å². The number of nitrogens with one attached hydrogen (secondary N) is 3. The van der Waals surface area contributed by atoms with E-state index in [1.165, 1.54) is 11.1 Å². The van der Waals surface area contributed by atoms with Gasteiger partial charge in [0.2, 0.25) is 5.91 Å². The third-order valence-corrected chi connectivity index (χ3v) is 6.77. The minimum atomic E-state index is 0.0731. The molecule has 152 valence electrons. The summed E-state index contributed by atoms with van der Waals surface area (Å²) >= 11 is 0. The number of H-pyrrole nitrogens is 1. The van der Waals surface area contributed by atoms with Crippen molar-refractivity contribution >= 4 is 16.9 Å². The molecule has 3 N–H and O–H groups in total. The molecular formula is C22H33N5O. The lowest BCUT2D eigenvalue weighted by atomic mass is 9.91. The van der Waals surface area contributed by atoms with Crippen LogP contribution in [0.15, 0.2) is 12.1 Å². The number of benzene rings is 1. The van der Waals surface area contributed by atoms with Crippen molar-refractivity contribution in [2.75, 3.05) is 6.54 Å². The third-order valence-electron chi connectivity index (χ3n) is 6.77. The molecule has 0 radical (unpaired) electrons. The van der Waals surface area contributed by atoms with Crippen molar-refractivity contribution in [3.05, 3.63) is 29.1 Å². The van der Waals surface area contributed by atoms with Gasteiger partial charge in [-0.1, -0.05) is 0 Å². The summed E-state index contributed by atoms with van der Waals surface area (Å²) in [4.78, 5) is 23.6. The zero-order valence-corrected chi connectivity index (χ0v) is 17.5. The molecule has 3 heterocycles. The molecule has 2 aliphatic rings. The minimum absolute atomic E-state index is 0.0731. The van der Waals surface area contributed by atoms with E-state index in [2.05, 4.69) is 60.6 Å². The highest BCUT2D eigenvalue weighted by Crippen LogP contribution is 2.32. The van der Waals surface area contributed by atoms with Crippen molar-refractivity contribution in [1.29, 1.82) is 0 Å². The lowest BCUT2D eigenvalue weighted by molar-refractivity contribution is -0.135. The molecule has 1 aromatic carbocycles. The van der Waals surface area contributed by atoms with Crippen LogP contribution in [0.2, 0.25) is 0 Å². The van der Waals surface area contributed by atoms with Gasteiger partial charge in [0.25, 0.3) is 0 Å². The molecule has 2 saturated heterocycles. The first-order valence-corrected chi connectivity index (χ1v) is 10.7. The molecule has 6 heteroatoms. The van der Waals surface area contributed by atoms with E-state index in [4.69, 9.17) is 4.98 Å². The summed E-state index contributed by atoms with van der Waals surface area (Å²) in [7, 11) is 0. The highest BCUT2D eigenvalue weighted by Gasteiger charge is 2.33. The number of likely N-dealkylation sites (tertiary alicyclic amines) is 1. The largest absolute Gasteiger partial charge is 0.340 e. The second-order valence-corrected chi connectivity index (χ2v) is 8.74. The van der Waals surface area contributed by atoms with E-state index >= 15 is 0 Å². The summed E-state index contributed by atoms with van der Waals surface area (Å²) in [6, 6.07) is 5.19. The smallest absolute Gasteiger partial charge is 0.223 e. The van der Waals surface area contributed by atoms with Gasteiger partial charge >= 0.3 is 0 Å². The number of aryl methyl sites for hydroxylation is 2. The Balaban J connectivity index is 1.50. The van der Waals surface area contributed by atoms with Crippen LogP contribution in [0.5, 0.6) is 0 Å². The summed E-state index contributed by atoms with van der Waals surface area (Å²) in [6.07, 6.45) is 4.75. The topological polar surface area (TPSA) is 73.1 Å². The number of imidazole rings is 1. The van der Waals surface area contributed by atoms with Crippen molar-refractivity contribution in [2.24, 2.45) is 5.92 Å². The fourth-order valence-electron chi connectivity index (χ4n) is 4.81. The summed E-state index contributed by atoms with van der Waals surface area (Å²) in [5, 5.41) is 0. The highest BCUT2D eigenvalue weighted by atomic mass is 16.2. The number of fused-ring (bicyclic) bond motifs is 1. The Morgan fingerprint density at radius 1 is 1.14 bits per heavy atom. The van der Waals surface area contributed by atoms with E-state index in [0.29, 0.717) is 24.4 Å². The molecule has 1 amide bonds. The number of hydrogen-bond donors (Lipinski definition) is 3. The van der Waals surface area contributed by atoms with Gasteiger partial charge in [-0.2, -0.15) is 0 Å². The first-order chi connectivity index (χ1) is 13.4. The van der Waals surface area contributed by atoms with Gasteiger partial charge in [0, 0.05) is 25.0 Å². The molecule has 2 aliphatic heterocycles. The predicted molar refractivity (Wildman–Crippen MR) is 112 cm³/mol. The fraction of sp³-hybridized carbons (Fsp3) is 0.636. The van der Waals surface area contributed by atoms with E-state index in [0.717, 1.165) is 49.1 Å². The lowest BCUT2D eigenvalue weighted by Gasteiger charge is -2.35. The average molecular weight is 384 g/mol. The molecule has 4 rings (SSSR count). The van der Waals surface area contributed by atoms with E-state index in [-0.39, 0.29) is 11.9 Å². The molecule has 0 spiro atoms. The maximum atomic E-state index is 13.1. The average Bonchev–Trinajstić information content (AvgIpc) is 3.23. The van der Waals surface area contributed by atoms with Crippen molar-refractivity contribution in [2.45, 2.75) is 77.9 Å². The normalized spacial score (nSPS) is 28.2. The van der Waals surface area contributed by atoms with Crippen LogP contribution in [-0.4, -0.2) is 39.4 Å². The molecule has 6 nitrogen and oxygen atoms in total. The lowest BCUT2D eigenvalue weighted by Crippen LogP contribution is -2.39. The zero-order valence-electron chi connectivity index (χ0n) is 17.5. The van der Waals surface area contributed by atoms with Gasteiger partial charge in [-0.25, -0.2) is 4.98 Å². The molecule has 28 heavy (non-hydrogen) atoms. The molecular weight excluding hydrogens is 350 g/mol. The van der Waals surface area contributed by atoms with Crippen LogP contribution in [0, 0.1) is 19.8 Å². The van der Waals surface area contributed by atoms with E-state index in [1.54, 1.807) is 0 Å². The quantitative estimate of drug-likeness (QED) is 0.755. The van der Waals surface area contributed by atoms with E-state index in [9.17, 15) is 4.79 Å². The SMILES string of the molecule is Cc1cc2nc(C3CCCCN3C(=O)CCC3C(C)NNC3C)[nH]c2cc1C. The molecule has 3 atom stereocenters. The zero-order chi connectivity index (χ0) is 19.8. The van der Waals surface area contributed by atoms with E-state index in [1.807, 2.05) is 0 Å². The second-order valence-electron chi connectivity index (χ2n) is 8.74. The first-order valence-electron chi connectivity index (χ1n) is 10.7. The number of hydrazine groups is 1. The van der Waals surface area contributed by atoms with Crippen LogP contribution in [0.4, 0.5) is 0 Å². The number of piperidine rings is 1. The van der Waals surface area contributed by atoms with Crippen LogP contribution < -0.4 is 10.9 Å². The summed E-state index contributed by atoms with van der Waals surface area (Å²) in [6.45, 7) is 9.46. The number of amides is 1. The van der Waals surface area contributed by atoms with Crippen molar-refractivity contribution < 1.29 is 4.79 Å². The van der Waals surface area contributed by atoms with Crippen LogP contribution in [0.1, 0.15) is 68.9 Å². The molecule has 2 fully saturated rings. The maximum absolute atomic E-state index is 13.1. The Morgan fingerprint density at radius 3 is 2.61 bits per heavy atom. The van der Waals surface area contributed by atoms with Gasteiger partial charge in [0.15, 0.2) is 0 Å². The van der Waals surface area contributed by atoms with Crippen LogP contribution >= 0.6 is 0 Å². The van der Waals surface area contributed by atoms with Crippen molar-refractivity contribution in [3.8, 4) is 0 Å². The number of carbonyl (C=O) groups is 1. The molecule has 3 unspecified atom stereocenters. The van der Waals surface area contributed by atoms with Crippen LogP contribution in [-0.2, 0) is 4.79 Å². The molecule has 0 bridgehead atoms. The highest BCUT2D eigenvalue weighted by molar-refractivity contribution is 5.79. The van der Waals surface area contributed by atoms with Gasteiger partial charge in [0.1, 0.15) is 5.82 Å². The number of aromatic amines is 1. The molecule has 2 aromatic rings. The molecule has 1 aromatic heterocycles.